The molecule has 0 radical (unpaired) electrons. The molecule has 106 valence electrons. The molecule has 0 aliphatic heterocycles. The van der Waals surface area contributed by atoms with Crippen molar-refractivity contribution >= 4 is 5.69 Å². The van der Waals surface area contributed by atoms with Gasteiger partial charge in [-0.2, -0.15) is 0 Å². The zero-order valence-electron chi connectivity index (χ0n) is 11.5. The van der Waals surface area contributed by atoms with E-state index in [1.54, 1.807) is 16.8 Å². The second-order valence-corrected chi connectivity index (χ2v) is 4.88. The van der Waals surface area contributed by atoms with Crippen molar-refractivity contribution in [1.82, 2.24) is 20.2 Å². The van der Waals surface area contributed by atoms with Crippen LogP contribution in [0.3, 0.4) is 0 Å². The summed E-state index contributed by atoms with van der Waals surface area (Å²) in [6.45, 7) is 2.44. The Balaban J connectivity index is 1.97. The molecule has 0 bridgehead atoms. The zero-order valence-corrected chi connectivity index (χ0v) is 11.5. The smallest absolute Gasteiger partial charge is 0.184 e. The lowest BCUT2D eigenvalue weighted by atomic mass is 10.1. The summed E-state index contributed by atoms with van der Waals surface area (Å²) in [7, 11) is 0. The maximum atomic E-state index is 12.9. The number of nitrogens with zero attached hydrogens (tertiary/aromatic N) is 4. The highest BCUT2D eigenvalue weighted by atomic mass is 19.1. The van der Waals surface area contributed by atoms with Gasteiger partial charge >= 0.3 is 0 Å². The number of hydrogen-bond donors (Lipinski definition) is 1. The van der Waals surface area contributed by atoms with E-state index in [-0.39, 0.29) is 5.82 Å². The van der Waals surface area contributed by atoms with Gasteiger partial charge in [-0.05, 0) is 47.2 Å². The third-order valence-corrected chi connectivity index (χ3v) is 3.23. The van der Waals surface area contributed by atoms with Gasteiger partial charge in [-0.3, -0.25) is 0 Å². The van der Waals surface area contributed by atoms with E-state index in [9.17, 15) is 4.39 Å². The Labute approximate surface area is 121 Å². The molecule has 21 heavy (non-hydrogen) atoms. The van der Waals surface area contributed by atoms with Gasteiger partial charge in [0.15, 0.2) is 5.82 Å². The first-order valence-electron chi connectivity index (χ1n) is 6.50. The van der Waals surface area contributed by atoms with Crippen molar-refractivity contribution in [3.8, 4) is 11.4 Å². The highest BCUT2D eigenvalue weighted by Gasteiger charge is 2.12. The SMILES string of the molecule is Cc1ccc(N)c(-c2nnnn2Cc2ccc(F)cc2)c1. The van der Waals surface area contributed by atoms with E-state index in [0.29, 0.717) is 18.1 Å². The van der Waals surface area contributed by atoms with Crippen molar-refractivity contribution < 1.29 is 4.39 Å². The van der Waals surface area contributed by atoms with Crippen molar-refractivity contribution in [3.05, 3.63) is 59.4 Å². The van der Waals surface area contributed by atoms with E-state index in [0.717, 1.165) is 16.7 Å². The number of halogens is 1. The van der Waals surface area contributed by atoms with Crippen LogP contribution in [0.2, 0.25) is 0 Å². The van der Waals surface area contributed by atoms with Crippen LogP contribution in [-0.2, 0) is 6.54 Å². The fraction of sp³-hybridized carbons (Fsp3) is 0.133. The van der Waals surface area contributed by atoms with Gasteiger partial charge in [-0.1, -0.05) is 23.8 Å². The first kappa shape index (κ1) is 13.2. The Morgan fingerprint density at radius 3 is 2.67 bits per heavy atom. The highest BCUT2D eigenvalue weighted by Crippen LogP contribution is 2.24. The normalized spacial score (nSPS) is 10.8. The van der Waals surface area contributed by atoms with Crippen LogP contribution in [0.1, 0.15) is 11.1 Å². The molecule has 3 rings (SSSR count). The summed E-state index contributed by atoms with van der Waals surface area (Å²) in [4.78, 5) is 0. The standard InChI is InChI=1S/C15H14FN5/c1-10-2-7-14(17)13(8-10)15-18-19-20-21(15)9-11-3-5-12(16)6-4-11/h2-8H,9,17H2,1H3. The number of rotatable bonds is 3. The molecule has 5 nitrogen and oxygen atoms in total. The lowest BCUT2D eigenvalue weighted by molar-refractivity contribution is 0.622. The van der Waals surface area contributed by atoms with Crippen molar-refractivity contribution in [1.29, 1.82) is 0 Å². The minimum atomic E-state index is -0.265. The number of benzene rings is 2. The average molecular weight is 283 g/mol. The molecule has 1 heterocycles. The van der Waals surface area contributed by atoms with Crippen molar-refractivity contribution in [3.63, 3.8) is 0 Å². The Bertz CT molecular complexity index is 764. The molecule has 0 saturated carbocycles. The summed E-state index contributed by atoms with van der Waals surface area (Å²) < 4.78 is 14.6. The maximum Gasteiger partial charge on any atom is 0.184 e. The van der Waals surface area contributed by atoms with Crippen LogP contribution < -0.4 is 5.73 Å². The van der Waals surface area contributed by atoms with Crippen LogP contribution in [0.15, 0.2) is 42.5 Å². The molecule has 3 aromatic rings. The fourth-order valence-electron chi connectivity index (χ4n) is 2.13. The van der Waals surface area contributed by atoms with E-state index >= 15 is 0 Å². The fourth-order valence-corrected chi connectivity index (χ4v) is 2.13. The topological polar surface area (TPSA) is 69.6 Å². The van der Waals surface area contributed by atoms with Crippen LogP contribution in [-0.4, -0.2) is 20.2 Å². The molecule has 2 aromatic carbocycles. The number of nitrogen functional groups attached to an aromatic ring is 1. The van der Waals surface area contributed by atoms with Gasteiger partial charge in [0, 0.05) is 11.3 Å². The number of anilines is 1. The van der Waals surface area contributed by atoms with Crippen LogP contribution in [0.4, 0.5) is 10.1 Å². The number of aromatic nitrogens is 4. The van der Waals surface area contributed by atoms with E-state index in [2.05, 4.69) is 15.5 Å². The lowest BCUT2D eigenvalue weighted by Gasteiger charge is -2.08. The van der Waals surface area contributed by atoms with Gasteiger partial charge < -0.3 is 5.73 Å². The number of hydrogen-bond acceptors (Lipinski definition) is 4. The van der Waals surface area contributed by atoms with Crippen molar-refractivity contribution in [2.75, 3.05) is 5.73 Å². The van der Waals surface area contributed by atoms with Crippen molar-refractivity contribution in [2.45, 2.75) is 13.5 Å². The van der Waals surface area contributed by atoms with E-state index in [4.69, 9.17) is 5.73 Å². The first-order valence-corrected chi connectivity index (χ1v) is 6.50. The second kappa shape index (κ2) is 5.32. The summed E-state index contributed by atoms with van der Waals surface area (Å²) in [6.07, 6.45) is 0. The van der Waals surface area contributed by atoms with E-state index in [1.165, 1.54) is 12.1 Å². The molecule has 6 heteroatoms. The molecular formula is C15H14FN5. The molecule has 0 spiro atoms. The Hall–Kier alpha value is -2.76. The van der Waals surface area contributed by atoms with Crippen LogP contribution >= 0.6 is 0 Å². The molecule has 0 atom stereocenters. The maximum absolute atomic E-state index is 12.9. The van der Waals surface area contributed by atoms with Crippen LogP contribution in [0.5, 0.6) is 0 Å². The molecule has 0 aliphatic rings. The molecule has 0 unspecified atom stereocenters. The second-order valence-electron chi connectivity index (χ2n) is 4.88. The van der Waals surface area contributed by atoms with Gasteiger partial charge in [0.1, 0.15) is 5.82 Å². The van der Waals surface area contributed by atoms with Gasteiger partial charge in [-0.15, -0.1) is 5.10 Å². The highest BCUT2D eigenvalue weighted by molar-refractivity contribution is 5.72. The summed E-state index contributed by atoms with van der Waals surface area (Å²) in [5.41, 5.74) is 9.41. The molecule has 0 amide bonds. The number of nitrogens with two attached hydrogens (primary N) is 1. The average Bonchev–Trinajstić information content (AvgIpc) is 2.92. The van der Waals surface area contributed by atoms with Crippen LogP contribution in [0, 0.1) is 12.7 Å². The summed E-state index contributed by atoms with van der Waals surface area (Å²) in [5.74, 6) is 0.333. The predicted molar refractivity (Wildman–Crippen MR) is 77.9 cm³/mol. The largest absolute Gasteiger partial charge is 0.398 e. The van der Waals surface area contributed by atoms with Gasteiger partial charge in [-0.25, -0.2) is 9.07 Å². The summed E-state index contributed by atoms with van der Waals surface area (Å²) in [5, 5.41) is 11.8. The van der Waals surface area contributed by atoms with Gasteiger partial charge in [0.05, 0.1) is 6.54 Å². The number of tetrazole rings is 1. The summed E-state index contributed by atoms with van der Waals surface area (Å²) in [6, 6.07) is 12.0. The molecule has 0 saturated heterocycles. The molecule has 2 N–H and O–H groups in total. The molecule has 1 aromatic heterocycles. The number of aryl methyl sites for hydroxylation is 1. The third kappa shape index (κ3) is 2.74. The Morgan fingerprint density at radius 1 is 1.14 bits per heavy atom. The zero-order chi connectivity index (χ0) is 14.8. The van der Waals surface area contributed by atoms with Gasteiger partial charge in [0.2, 0.25) is 0 Å². The van der Waals surface area contributed by atoms with E-state index < -0.39 is 0 Å². The summed E-state index contributed by atoms with van der Waals surface area (Å²) >= 11 is 0. The molecular weight excluding hydrogens is 269 g/mol. The lowest BCUT2D eigenvalue weighted by Crippen LogP contribution is -2.05. The van der Waals surface area contributed by atoms with Crippen LogP contribution in [0.25, 0.3) is 11.4 Å². The molecule has 0 aliphatic carbocycles. The quantitative estimate of drug-likeness (QED) is 0.749. The minimum Gasteiger partial charge on any atom is -0.398 e. The third-order valence-electron chi connectivity index (χ3n) is 3.23. The minimum absolute atomic E-state index is 0.265. The van der Waals surface area contributed by atoms with Gasteiger partial charge in [0.25, 0.3) is 0 Å². The molecule has 0 fully saturated rings. The first-order chi connectivity index (χ1) is 10.1. The van der Waals surface area contributed by atoms with E-state index in [1.807, 2.05) is 25.1 Å². The predicted octanol–water partition coefficient (Wildman–Crippen LogP) is 2.42. The Kier molecular flexibility index (Phi) is 3.35. The monoisotopic (exact) mass is 283 g/mol. The Morgan fingerprint density at radius 2 is 1.90 bits per heavy atom. The van der Waals surface area contributed by atoms with Crippen molar-refractivity contribution in [2.24, 2.45) is 0 Å².